The van der Waals surface area contributed by atoms with E-state index in [1.54, 1.807) is 0 Å². The molecule has 2 aromatic heterocycles. The van der Waals surface area contributed by atoms with Gasteiger partial charge in [-0.2, -0.15) is 4.98 Å². The molecule has 0 spiro atoms. The lowest BCUT2D eigenvalue weighted by atomic mass is 9.92. The van der Waals surface area contributed by atoms with E-state index in [4.69, 9.17) is 10.3 Å². The van der Waals surface area contributed by atoms with Crippen LogP contribution in [0.15, 0.2) is 16.9 Å². The number of nitrogens with two attached hydrogens (primary N) is 1. The molecule has 0 saturated heterocycles. The highest BCUT2D eigenvalue weighted by Gasteiger charge is 2.19. The molecule has 1 atom stereocenters. The number of rotatable bonds is 4. The predicted molar refractivity (Wildman–Crippen MR) is 71.7 cm³/mol. The van der Waals surface area contributed by atoms with Gasteiger partial charge >= 0.3 is 0 Å². The third-order valence-electron chi connectivity index (χ3n) is 3.66. The first-order chi connectivity index (χ1) is 9.26. The van der Waals surface area contributed by atoms with Crippen molar-refractivity contribution in [3.63, 3.8) is 0 Å². The molecular weight excluding hydrogens is 240 g/mol. The maximum atomic E-state index is 6.13. The summed E-state index contributed by atoms with van der Waals surface area (Å²) in [6.07, 6.45) is 9.57. The van der Waals surface area contributed by atoms with Crippen LogP contribution in [0.4, 0.5) is 0 Å². The van der Waals surface area contributed by atoms with Gasteiger partial charge in [0.05, 0.1) is 6.54 Å². The van der Waals surface area contributed by atoms with Crippen LogP contribution in [0, 0.1) is 0 Å². The zero-order valence-corrected chi connectivity index (χ0v) is 11.3. The molecular formula is C14H20N4O. The summed E-state index contributed by atoms with van der Waals surface area (Å²) < 4.78 is 7.32. The van der Waals surface area contributed by atoms with Crippen molar-refractivity contribution in [1.82, 2.24) is 14.7 Å². The van der Waals surface area contributed by atoms with Crippen molar-refractivity contribution in [3.8, 4) is 0 Å². The molecule has 2 heterocycles. The van der Waals surface area contributed by atoms with Gasteiger partial charge < -0.3 is 14.8 Å². The number of nitrogens with zero attached hydrogens (tertiary/aromatic N) is 3. The number of hydrogen-bond donors (Lipinski definition) is 1. The minimum absolute atomic E-state index is 0.186. The minimum atomic E-state index is 0.186. The number of aryl methyl sites for hydroxylation is 2. The van der Waals surface area contributed by atoms with E-state index in [2.05, 4.69) is 34.0 Å². The highest BCUT2D eigenvalue weighted by atomic mass is 16.5. The Morgan fingerprint density at radius 2 is 2.37 bits per heavy atom. The van der Waals surface area contributed by atoms with Crippen molar-refractivity contribution >= 4 is 0 Å². The molecule has 102 valence electrons. The number of aromatic nitrogens is 3. The summed E-state index contributed by atoms with van der Waals surface area (Å²) in [6, 6.07) is 0.186. The van der Waals surface area contributed by atoms with Gasteiger partial charge in [-0.25, -0.2) is 0 Å². The molecule has 1 unspecified atom stereocenters. The van der Waals surface area contributed by atoms with Gasteiger partial charge in [0.1, 0.15) is 0 Å². The zero-order valence-electron chi connectivity index (χ0n) is 11.3. The van der Waals surface area contributed by atoms with E-state index in [0.717, 1.165) is 37.4 Å². The van der Waals surface area contributed by atoms with E-state index in [0.29, 0.717) is 6.54 Å². The molecule has 3 rings (SSSR count). The van der Waals surface area contributed by atoms with Crippen LogP contribution in [0.2, 0.25) is 0 Å². The zero-order chi connectivity index (χ0) is 13.2. The van der Waals surface area contributed by atoms with Gasteiger partial charge in [-0.15, -0.1) is 0 Å². The molecule has 2 N–H and O–H groups in total. The normalized spacial score (nSPS) is 18.5. The first-order valence-electron chi connectivity index (χ1n) is 7.02. The molecule has 19 heavy (non-hydrogen) atoms. The minimum Gasteiger partial charge on any atom is -0.346 e. The first-order valence-corrected chi connectivity index (χ1v) is 7.02. The van der Waals surface area contributed by atoms with Gasteiger partial charge in [-0.05, 0) is 36.8 Å². The fourth-order valence-electron chi connectivity index (χ4n) is 2.71. The van der Waals surface area contributed by atoms with Crippen molar-refractivity contribution in [1.29, 1.82) is 0 Å². The molecule has 1 aliphatic carbocycles. The fraction of sp³-hybridized carbons (Fsp3) is 0.571. The second-order valence-electron chi connectivity index (χ2n) is 5.26. The van der Waals surface area contributed by atoms with Crippen LogP contribution in [0.1, 0.15) is 55.1 Å². The molecule has 1 aliphatic rings. The van der Waals surface area contributed by atoms with E-state index in [-0.39, 0.29) is 6.04 Å². The standard InChI is InChI=1S/C14H20N4O/c1-2-4-14-16-13(17-19-14)9-18-7-10-5-3-6-12(15)11(10)8-18/h7-8,12H,2-6,9,15H2,1H3. The average molecular weight is 260 g/mol. The van der Waals surface area contributed by atoms with Gasteiger partial charge in [0, 0.05) is 24.9 Å². The Bertz CT molecular complexity index is 558. The maximum absolute atomic E-state index is 6.13. The molecule has 0 saturated carbocycles. The fourth-order valence-corrected chi connectivity index (χ4v) is 2.71. The number of fused-ring (bicyclic) bond motifs is 1. The Morgan fingerprint density at radius 1 is 1.47 bits per heavy atom. The van der Waals surface area contributed by atoms with Crippen LogP contribution in [0.5, 0.6) is 0 Å². The third kappa shape index (κ3) is 2.56. The Balaban J connectivity index is 1.75. The van der Waals surface area contributed by atoms with Gasteiger partial charge in [-0.3, -0.25) is 0 Å². The van der Waals surface area contributed by atoms with Crippen LogP contribution in [-0.2, 0) is 19.4 Å². The van der Waals surface area contributed by atoms with Crippen LogP contribution < -0.4 is 5.73 Å². The van der Waals surface area contributed by atoms with Crippen molar-refractivity contribution in [2.45, 2.75) is 51.6 Å². The summed E-state index contributed by atoms with van der Waals surface area (Å²) >= 11 is 0. The lowest BCUT2D eigenvalue weighted by Crippen LogP contribution is -2.15. The molecule has 2 aromatic rings. The summed E-state index contributed by atoms with van der Waals surface area (Å²) in [5.74, 6) is 1.47. The lowest BCUT2D eigenvalue weighted by Gasteiger charge is -2.17. The van der Waals surface area contributed by atoms with E-state index in [1.807, 2.05) is 0 Å². The maximum Gasteiger partial charge on any atom is 0.226 e. The molecule has 0 aliphatic heterocycles. The highest BCUT2D eigenvalue weighted by molar-refractivity contribution is 5.30. The van der Waals surface area contributed by atoms with Gasteiger partial charge in [0.2, 0.25) is 5.89 Å². The first kappa shape index (κ1) is 12.4. The van der Waals surface area contributed by atoms with E-state index < -0.39 is 0 Å². The van der Waals surface area contributed by atoms with Gasteiger partial charge in [-0.1, -0.05) is 12.1 Å². The predicted octanol–water partition coefficient (Wildman–Crippen LogP) is 2.21. The molecule has 0 fully saturated rings. The molecule has 5 heteroatoms. The molecule has 0 aromatic carbocycles. The average Bonchev–Trinajstić information content (AvgIpc) is 2.98. The highest BCUT2D eigenvalue weighted by Crippen LogP contribution is 2.28. The van der Waals surface area contributed by atoms with E-state index in [9.17, 15) is 0 Å². The Kier molecular flexibility index (Phi) is 3.38. The second kappa shape index (κ2) is 5.17. The summed E-state index contributed by atoms with van der Waals surface area (Å²) in [5.41, 5.74) is 8.79. The Labute approximate surface area is 112 Å². The number of hydrogen-bond acceptors (Lipinski definition) is 4. The second-order valence-corrected chi connectivity index (χ2v) is 5.26. The van der Waals surface area contributed by atoms with Crippen molar-refractivity contribution in [2.24, 2.45) is 5.73 Å². The lowest BCUT2D eigenvalue weighted by molar-refractivity contribution is 0.371. The summed E-state index contributed by atoms with van der Waals surface area (Å²) in [7, 11) is 0. The summed E-state index contributed by atoms with van der Waals surface area (Å²) in [4.78, 5) is 4.39. The molecule has 5 nitrogen and oxygen atoms in total. The van der Waals surface area contributed by atoms with Crippen LogP contribution in [0.3, 0.4) is 0 Å². The van der Waals surface area contributed by atoms with Crippen molar-refractivity contribution in [3.05, 3.63) is 35.2 Å². The van der Waals surface area contributed by atoms with Gasteiger partial charge in [0.25, 0.3) is 0 Å². The smallest absolute Gasteiger partial charge is 0.226 e. The molecule has 0 amide bonds. The van der Waals surface area contributed by atoms with Crippen LogP contribution in [0.25, 0.3) is 0 Å². The topological polar surface area (TPSA) is 69.9 Å². The molecule has 0 bridgehead atoms. The molecule has 0 radical (unpaired) electrons. The van der Waals surface area contributed by atoms with Crippen LogP contribution >= 0.6 is 0 Å². The van der Waals surface area contributed by atoms with E-state index >= 15 is 0 Å². The van der Waals surface area contributed by atoms with Crippen molar-refractivity contribution < 1.29 is 4.52 Å². The largest absolute Gasteiger partial charge is 0.346 e. The quantitative estimate of drug-likeness (QED) is 0.915. The van der Waals surface area contributed by atoms with Gasteiger partial charge in [0.15, 0.2) is 5.82 Å². The van der Waals surface area contributed by atoms with E-state index in [1.165, 1.54) is 17.5 Å². The SMILES string of the molecule is CCCc1nc(Cn2cc3c(c2)C(N)CCC3)no1. The Morgan fingerprint density at radius 3 is 3.16 bits per heavy atom. The summed E-state index contributed by atoms with van der Waals surface area (Å²) in [5, 5.41) is 4.02. The van der Waals surface area contributed by atoms with Crippen molar-refractivity contribution in [2.75, 3.05) is 0 Å². The Hall–Kier alpha value is -1.62. The third-order valence-corrected chi connectivity index (χ3v) is 3.66. The monoisotopic (exact) mass is 260 g/mol. The van der Waals surface area contributed by atoms with Crippen LogP contribution in [-0.4, -0.2) is 14.7 Å². The summed E-state index contributed by atoms with van der Waals surface area (Å²) in [6.45, 7) is 2.76.